The molecule has 0 aromatic carbocycles. The van der Waals surface area contributed by atoms with Crippen LogP contribution in [-0.4, -0.2) is 49.3 Å². The Balaban J connectivity index is 2.18. The van der Waals surface area contributed by atoms with Gasteiger partial charge in [-0.3, -0.25) is 9.59 Å². The van der Waals surface area contributed by atoms with Crippen LogP contribution in [0.25, 0.3) is 0 Å². The summed E-state index contributed by atoms with van der Waals surface area (Å²) in [6.45, 7) is 0. The summed E-state index contributed by atoms with van der Waals surface area (Å²) in [5, 5.41) is 11.5. The van der Waals surface area contributed by atoms with Crippen LogP contribution in [0.3, 0.4) is 0 Å². The van der Waals surface area contributed by atoms with Crippen LogP contribution in [0.15, 0.2) is 21.8 Å². The minimum absolute atomic E-state index is 0.0575. The van der Waals surface area contributed by atoms with Gasteiger partial charge in [0.1, 0.15) is 6.26 Å². The molecule has 0 atom stereocenters. The molecule has 1 heterocycles. The number of carbonyl (C=O) groups is 2. The highest BCUT2D eigenvalue weighted by atomic mass is 32.2. The van der Waals surface area contributed by atoms with Gasteiger partial charge < -0.3 is 14.8 Å². The van der Waals surface area contributed by atoms with Gasteiger partial charge in [-0.05, 0) is 12.8 Å². The molecule has 8 nitrogen and oxygen atoms in total. The maximum Gasteiger partial charge on any atom is 0.305 e. The van der Waals surface area contributed by atoms with Crippen molar-refractivity contribution in [2.24, 2.45) is 0 Å². The summed E-state index contributed by atoms with van der Waals surface area (Å²) in [6.07, 6.45) is 3.78. The van der Waals surface area contributed by atoms with Gasteiger partial charge in [-0.25, -0.2) is 12.7 Å². The Morgan fingerprint density at radius 1 is 1.35 bits per heavy atom. The first-order valence-corrected chi connectivity index (χ1v) is 8.66. The number of carboxylic acid groups (broad SMARTS) is 1. The number of carbonyl (C=O) groups excluding carboxylic acids is 1. The van der Waals surface area contributed by atoms with Crippen LogP contribution >= 0.6 is 0 Å². The largest absolute Gasteiger partial charge is 0.481 e. The maximum absolute atomic E-state index is 12.3. The van der Waals surface area contributed by atoms with E-state index < -0.39 is 27.4 Å². The highest BCUT2D eigenvalue weighted by Gasteiger charge is 2.38. The minimum Gasteiger partial charge on any atom is -0.481 e. The third-order valence-electron chi connectivity index (χ3n) is 4.00. The van der Waals surface area contributed by atoms with Gasteiger partial charge >= 0.3 is 5.97 Å². The van der Waals surface area contributed by atoms with Crippen molar-refractivity contribution in [1.82, 2.24) is 9.62 Å². The first-order chi connectivity index (χ1) is 10.7. The molecule has 1 amide bonds. The van der Waals surface area contributed by atoms with E-state index in [9.17, 15) is 18.0 Å². The number of hydrogen-bond donors (Lipinski definition) is 2. The zero-order valence-corrected chi connectivity index (χ0v) is 13.9. The van der Waals surface area contributed by atoms with Gasteiger partial charge in [0.2, 0.25) is 5.09 Å². The molecule has 1 aromatic rings. The van der Waals surface area contributed by atoms with Crippen LogP contribution in [0.5, 0.6) is 0 Å². The van der Waals surface area contributed by atoms with Crippen molar-refractivity contribution < 1.29 is 27.5 Å². The van der Waals surface area contributed by atoms with E-state index in [4.69, 9.17) is 9.52 Å². The second-order valence-electron chi connectivity index (χ2n) is 5.95. The summed E-state index contributed by atoms with van der Waals surface area (Å²) in [5.41, 5.74) is -0.720. The van der Waals surface area contributed by atoms with Crippen LogP contribution in [-0.2, 0) is 14.8 Å². The van der Waals surface area contributed by atoms with Crippen LogP contribution in [0.4, 0.5) is 0 Å². The van der Waals surface area contributed by atoms with E-state index in [0.717, 1.165) is 29.5 Å². The lowest BCUT2D eigenvalue weighted by molar-refractivity contribution is -0.138. The number of furan rings is 1. The molecule has 0 saturated heterocycles. The SMILES string of the molecule is CN(C)S(=O)(=O)c1cc(C(=O)NC2(CC(=O)O)CCCC2)co1. The lowest BCUT2D eigenvalue weighted by Gasteiger charge is -2.28. The lowest BCUT2D eigenvalue weighted by atomic mass is 9.93. The summed E-state index contributed by atoms with van der Waals surface area (Å²) in [5.74, 6) is -1.51. The van der Waals surface area contributed by atoms with Gasteiger partial charge in [-0.15, -0.1) is 0 Å². The molecule has 0 aliphatic heterocycles. The van der Waals surface area contributed by atoms with Gasteiger partial charge in [0.05, 0.1) is 17.5 Å². The number of aliphatic carboxylic acids is 1. The smallest absolute Gasteiger partial charge is 0.305 e. The molecule has 9 heteroatoms. The van der Waals surface area contributed by atoms with Crippen molar-refractivity contribution in [2.75, 3.05) is 14.1 Å². The fourth-order valence-corrected chi connectivity index (χ4v) is 3.56. The number of carboxylic acids is 1. The van der Waals surface area contributed by atoms with Gasteiger partial charge in [-0.1, -0.05) is 12.8 Å². The van der Waals surface area contributed by atoms with E-state index in [0.29, 0.717) is 12.8 Å². The van der Waals surface area contributed by atoms with Crippen LogP contribution in [0.2, 0.25) is 0 Å². The van der Waals surface area contributed by atoms with E-state index >= 15 is 0 Å². The summed E-state index contributed by atoms with van der Waals surface area (Å²) < 4.78 is 29.9. The molecule has 2 N–H and O–H groups in total. The van der Waals surface area contributed by atoms with Crippen molar-refractivity contribution in [3.05, 3.63) is 17.9 Å². The molecule has 2 rings (SSSR count). The van der Waals surface area contributed by atoms with Gasteiger partial charge in [0.25, 0.3) is 15.9 Å². The summed E-state index contributed by atoms with van der Waals surface area (Å²) in [6, 6.07) is 1.15. The van der Waals surface area contributed by atoms with Gasteiger partial charge in [-0.2, -0.15) is 0 Å². The molecule has 0 bridgehead atoms. The quantitative estimate of drug-likeness (QED) is 0.796. The summed E-state index contributed by atoms with van der Waals surface area (Å²) in [7, 11) is -1.04. The van der Waals surface area contributed by atoms with Gasteiger partial charge in [0, 0.05) is 20.2 Å². The van der Waals surface area contributed by atoms with Crippen molar-refractivity contribution in [3.8, 4) is 0 Å². The standard InChI is InChI=1S/C14H20N2O6S/c1-16(2)23(20,21)12-7-10(9-22-12)13(19)15-14(8-11(17)18)5-3-4-6-14/h7,9H,3-6,8H2,1-2H3,(H,15,19)(H,17,18). The van der Waals surface area contributed by atoms with Gasteiger partial charge in [0.15, 0.2) is 0 Å². The first-order valence-electron chi connectivity index (χ1n) is 7.22. The fraction of sp³-hybridized carbons (Fsp3) is 0.571. The Morgan fingerprint density at radius 2 is 1.96 bits per heavy atom. The molecule has 0 spiro atoms. The summed E-state index contributed by atoms with van der Waals surface area (Å²) in [4.78, 5) is 23.4. The molecule has 1 aliphatic carbocycles. The van der Waals surface area contributed by atoms with E-state index in [-0.39, 0.29) is 17.1 Å². The lowest BCUT2D eigenvalue weighted by Crippen LogP contribution is -2.47. The molecule has 1 aromatic heterocycles. The molecule has 128 valence electrons. The third-order valence-corrected chi connectivity index (χ3v) is 5.69. The number of hydrogen-bond acceptors (Lipinski definition) is 5. The molecule has 23 heavy (non-hydrogen) atoms. The number of nitrogens with zero attached hydrogens (tertiary/aromatic N) is 1. The average Bonchev–Trinajstić information content (AvgIpc) is 3.07. The normalized spacial score (nSPS) is 17.3. The number of nitrogens with one attached hydrogen (secondary N) is 1. The average molecular weight is 344 g/mol. The van der Waals surface area contributed by atoms with Crippen molar-refractivity contribution in [1.29, 1.82) is 0 Å². The molecule has 0 radical (unpaired) electrons. The van der Waals surface area contributed by atoms with E-state index in [2.05, 4.69) is 5.32 Å². The monoisotopic (exact) mass is 344 g/mol. The molecule has 1 aliphatic rings. The number of rotatable bonds is 6. The van der Waals surface area contributed by atoms with Crippen molar-refractivity contribution >= 4 is 21.9 Å². The highest BCUT2D eigenvalue weighted by molar-refractivity contribution is 7.88. The summed E-state index contributed by atoms with van der Waals surface area (Å²) >= 11 is 0. The molecular formula is C14H20N2O6S. The minimum atomic E-state index is -3.76. The molecule has 0 unspecified atom stereocenters. The van der Waals surface area contributed by atoms with Crippen LogP contribution in [0.1, 0.15) is 42.5 Å². The Bertz CT molecular complexity index is 701. The Morgan fingerprint density at radius 3 is 2.48 bits per heavy atom. The third kappa shape index (κ3) is 3.73. The fourth-order valence-electron chi connectivity index (χ4n) is 2.75. The van der Waals surface area contributed by atoms with Crippen LogP contribution < -0.4 is 5.32 Å². The molecular weight excluding hydrogens is 324 g/mol. The highest BCUT2D eigenvalue weighted by Crippen LogP contribution is 2.33. The molecule has 1 fully saturated rings. The zero-order valence-electron chi connectivity index (χ0n) is 13.0. The maximum atomic E-state index is 12.3. The Labute approximate surface area is 134 Å². The topological polar surface area (TPSA) is 117 Å². The number of amides is 1. The van der Waals surface area contributed by atoms with E-state index in [1.165, 1.54) is 14.1 Å². The molecule has 1 saturated carbocycles. The van der Waals surface area contributed by atoms with Crippen molar-refractivity contribution in [3.63, 3.8) is 0 Å². The predicted molar refractivity (Wildman–Crippen MR) is 80.5 cm³/mol. The Kier molecular flexibility index (Phi) is 4.81. The van der Waals surface area contributed by atoms with E-state index in [1.54, 1.807) is 0 Å². The zero-order chi connectivity index (χ0) is 17.3. The second kappa shape index (κ2) is 6.32. The predicted octanol–water partition coefficient (Wildman–Crippen LogP) is 1.05. The second-order valence-corrected chi connectivity index (χ2v) is 8.04. The first kappa shape index (κ1) is 17.5. The van der Waals surface area contributed by atoms with E-state index in [1.807, 2.05) is 0 Å². The van der Waals surface area contributed by atoms with Crippen LogP contribution in [0, 0.1) is 0 Å². The number of sulfonamides is 1. The van der Waals surface area contributed by atoms with Crippen molar-refractivity contribution in [2.45, 2.75) is 42.7 Å². The Hall–Kier alpha value is -1.87.